The van der Waals surface area contributed by atoms with Crippen molar-refractivity contribution in [2.75, 3.05) is 25.6 Å². The lowest BCUT2D eigenvalue weighted by Crippen LogP contribution is -2.43. The quantitative estimate of drug-likeness (QED) is 0.551. The summed E-state index contributed by atoms with van der Waals surface area (Å²) < 4.78 is 40.6. The number of alkyl halides is 4. The van der Waals surface area contributed by atoms with E-state index in [0.717, 1.165) is 0 Å². The fraction of sp³-hybridized carbons (Fsp3) is 0.750. The fourth-order valence-electron chi connectivity index (χ4n) is 0.896. The predicted octanol–water partition coefficient (Wildman–Crippen LogP) is 1.18. The zero-order valence-electron chi connectivity index (χ0n) is 8.51. The maximum Gasteiger partial charge on any atom is 0.406 e. The van der Waals surface area contributed by atoms with Gasteiger partial charge in [0.25, 0.3) is 0 Å². The van der Waals surface area contributed by atoms with Crippen molar-refractivity contribution in [1.29, 1.82) is 0 Å². The number of hydrogen-bond acceptors (Lipinski definition) is 3. The molecule has 0 aliphatic carbocycles. The minimum Gasteiger partial charge on any atom is -0.465 e. The molecular weight excluding hydrogens is 251 g/mol. The standard InChI is InChI=1S/C8H11ClF3NO3/c1-2-16-7(15)4-13(6(14)3-9)5-8(10,11)12/h2-5H2,1H3. The molecule has 0 aliphatic rings. The Morgan fingerprint density at radius 2 is 1.94 bits per heavy atom. The van der Waals surface area contributed by atoms with Crippen LogP contribution in [-0.4, -0.2) is 48.5 Å². The van der Waals surface area contributed by atoms with E-state index in [9.17, 15) is 22.8 Å². The molecule has 0 aromatic heterocycles. The highest BCUT2D eigenvalue weighted by molar-refractivity contribution is 6.27. The predicted molar refractivity (Wildman–Crippen MR) is 50.0 cm³/mol. The molecule has 0 bridgehead atoms. The minimum absolute atomic E-state index is 0.0355. The molecule has 0 spiro atoms. The fourth-order valence-corrected chi connectivity index (χ4v) is 1.06. The van der Waals surface area contributed by atoms with Gasteiger partial charge in [-0.3, -0.25) is 9.59 Å². The molecule has 0 rings (SSSR count). The number of amides is 1. The zero-order chi connectivity index (χ0) is 12.8. The molecule has 0 radical (unpaired) electrons. The lowest BCUT2D eigenvalue weighted by molar-refractivity contribution is -0.166. The van der Waals surface area contributed by atoms with Gasteiger partial charge in [0.15, 0.2) is 0 Å². The van der Waals surface area contributed by atoms with Crippen molar-refractivity contribution in [3.63, 3.8) is 0 Å². The molecule has 4 nitrogen and oxygen atoms in total. The summed E-state index contributed by atoms with van der Waals surface area (Å²) in [5, 5.41) is 0. The Labute approximate surface area is 95.3 Å². The SMILES string of the molecule is CCOC(=O)CN(CC(F)(F)F)C(=O)CCl. The molecule has 0 fully saturated rings. The van der Waals surface area contributed by atoms with E-state index >= 15 is 0 Å². The van der Waals surface area contributed by atoms with Crippen LogP contribution in [0, 0.1) is 0 Å². The van der Waals surface area contributed by atoms with Gasteiger partial charge in [-0.15, -0.1) is 11.6 Å². The second-order valence-electron chi connectivity index (χ2n) is 2.80. The highest BCUT2D eigenvalue weighted by Gasteiger charge is 2.33. The molecule has 0 aromatic carbocycles. The Kier molecular flexibility index (Phi) is 6.17. The van der Waals surface area contributed by atoms with Gasteiger partial charge in [0.05, 0.1) is 6.61 Å². The van der Waals surface area contributed by atoms with E-state index in [1.54, 1.807) is 0 Å². The van der Waals surface area contributed by atoms with Crippen LogP contribution >= 0.6 is 11.6 Å². The number of carbonyl (C=O) groups is 2. The van der Waals surface area contributed by atoms with Crippen molar-refractivity contribution in [1.82, 2.24) is 4.90 Å². The first-order valence-electron chi connectivity index (χ1n) is 4.36. The molecule has 8 heteroatoms. The number of ether oxygens (including phenoxy) is 1. The first-order chi connectivity index (χ1) is 7.30. The third kappa shape index (κ3) is 6.49. The summed E-state index contributed by atoms with van der Waals surface area (Å²) in [6, 6.07) is 0. The van der Waals surface area contributed by atoms with Crippen molar-refractivity contribution in [2.45, 2.75) is 13.1 Å². The molecule has 0 N–H and O–H groups in total. The monoisotopic (exact) mass is 261 g/mol. The van der Waals surface area contributed by atoms with E-state index < -0.39 is 37.0 Å². The summed E-state index contributed by atoms with van der Waals surface area (Å²) in [5.41, 5.74) is 0. The molecule has 0 atom stereocenters. The van der Waals surface area contributed by atoms with Crippen LogP contribution in [0.4, 0.5) is 13.2 Å². The summed E-state index contributed by atoms with van der Waals surface area (Å²) >= 11 is 5.13. The van der Waals surface area contributed by atoms with Crippen LogP contribution in [0.25, 0.3) is 0 Å². The summed E-state index contributed by atoms with van der Waals surface area (Å²) in [6.07, 6.45) is -4.58. The van der Waals surface area contributed by atoms with Crippen molar-refractivity contribution < 1.29 is 27.5 Å². The van der Waals surface area contributed by atoms with Gasteiger partial charge in [-0.2, -0.15) is 13.2 Å². The van der Waals surface area contributed by atoms with Gasteiger partial charge in [-0.05, 0) is 6.92 Å². The highest BCUT2D eigenvalue weighted by Crippen LogP contribution is 2.16. The van der Waals surface area contributed by atoms with Crippen LogP contribution in [-0.2, 0) is 14.3 Å². The van der Waals surface area contributed by atoms with E-state index in [4.69, 9.17) is 11.6 Å². The molecular formula is C8H11ClF3NO3. The van der Waals surface area contributed by atoms with E-state index in [2.05, 4.69) is 4.74 Å². The van der Waals surface area contributed by atoms with Gasteiger partial charge in [0, 0.05) is 0 Å². The molecule has 0 saturated heterocycles. The van der Waals surface area contributed by atoms with E-state index in [-0.39, 0.29) is 6.61 Å². The lowest BCUT2D eigenvalue weighted by atomic mass is 10.4. The molecule has 1 amide bonds. The molecule has 0 aromatic rings. The maximum absolute atomic E-state index is 12.0. The minimum atomic E-state index is -4.58. The third-order valence-corrected chi connectivity index (χ3v) is 1.69. The van der Waals surface area contributed by atoms with Gasteiger partial charge in [-0.25, -0.2) is 0 Å². The molecule has 94 valence electrons. The highest BCUT2D eigenvalue weighted by atomic mass is 35.5. The summed E-state index contributed by atoms with van der Waals surface area (Å²) in [4.78, 5) is 22.3. The normalized spacial score (nSPS) is 11.1. The van der Waals surface area contributed by atoms with Crippen LogP contribution in [0.5, 0.6) is 0 Å². The molecule has 0 heterocycles. The second kappa shape index (κ2) is 6.57. The van der Waals surface area contributed by atoms with Crippen molar-refractivity contribution in [3.8, 4) is 0 Å². The Bertz CT molecular complexity index is 257. The van der Waals surface area contributed by atoms with Gasteiger partial charge >= 0.3 is 12.1 Å². The first-order valence-corrected chi connectivity index (χ1v) is 4.89. The summed E-state index contributed by atoms with van der Waals surface area (Å²) in [6.45, 7) is -0.723. The molecule has 0 saturated carbocycles. The number of carbonyl (C=O) groups excluding carboxylic acids is 2. The summed E-state index contributed by atoms with van der Waals surface area (Å²) in [5.74, 6) is -2.48. The average molecular weight is 262 g/mol. The van der Waals surface area contributed by atoms with Gasteiger partial charge < -0.3 is 9.64 Å². The van der Waals surface area contributed by atoms with E-state index in [1.807, 2.05) is 0 Å². The Morgan fingerprint density at radius 1 is 1.38 bits per heavy atom. The third-order valence-electron chi connectivity index (χ3n) is 1.46. The Hall–Kier alpha value is -0.980. The van der Waals surface area contributed by atoms with Crippen molar-refractivity contribution in [2.24, 2.45) is 0 Å². The van der Waals surface area contributed by atoms with Crippen LogP contribution in [0.15, 0.2) is 0 Å². The topological polar surface area (TPSA) is 46.6 Å². The van der Waals surface area contributed by atoms with Crippen LogP contribution in [0.3, 0.4) is 0 Å². The number of rotatable bonds is 5. The molecule has 0 aliphatic heterocycles. The van der Waals surface area contributed by atoms with Crippen molar-refractivity contribution in [3.05, 3.63) is 0 Å². The van der Waals surface area contributed by atoms with Gasteiger partial charge in [0.2, 0.25) is 5.91 Å². The van der Waals surface area contributed by atoms with Crippen molar-refractivity contribution >= 4 is 23.5 Å². The maximum atomic E-state index is 12.0. The van der Waals surface area contributed by atoms with E-state index in [0.29, 0.717) is 4.90 Å². The number of esters is 1. The molecule has 0 unspecified atom stereocenters. The van der Waals surface area contributed by atoms with Gasteiger partial charge in [0.1, 0.15) is 19.0 Å². The van der Waals surface area contributed by atoms with Crippen LogP contribution in [0.1, 0.15) is 6.92 Å². The average Bonchev–Trinajstić information content (AvgIpc) is 2.13. The Morgan fingerprint density at radius 3 is 2.31 bits per heavy atom. The summed E-state index contributed by atoms with van der Waals surface area (Å²) in [7, 11) is 0. The number of halogens is 4. The van der Waals surface area contributed by atoms with E-state index in [1.165, 1.54) is 6.92 Å². The first kappa shape index (κ1) is 15.0. The zero-order valence-corrected chi connectivity index (χ0v) is 9.27. The number of nitrogens with zero attached hydrogens (tertiary/aromatic N) is 1. The molecule has 16 heavy (non-hydrogen) atoms. The second-order valence-corrected chi connectivity index (χ2v) is 3.07. The van der Waals surface area contributed by atoms with Gasteiger partial charge in [-0.1, -0.05) is 0 Å². The smallest absolute Gasteiger partial charge is 0.406 e. The van der Waals surface area contributed by atoms with Crippen LogP contribution in [0.2, 0.25) is 0 Å². The number of hydrogen-bond donors (Lipinski definition) is 0. The van der Waals surface area contributed by atoms with Crippen LogP contribution < -0.4 is 0 Å². The lowest BCUT2D eigenvalue weighted by Gasteiger charge is -2.21. The largest absolute Gasteiger partial charge is 0.465 e. The Balaban J connectivity index is 4.44.